The Morgan fingerprint density at radius 2 is 0.625 bits per heavy atom. The minimum Gasteiger partial charge on any atom is -0.508 e. The first kappa shape index (κ1) is 103. The molecule has 674 valence electrons. The third-order valence-corrected chi connectivity index (χ3v) is 21.5. The van der Waals surface area contributed by atoms with Gasteiger partial charge in [-0.15, -0.1) is 0 Å². The molecule has 0 aliphatic carbocycles. The molecule has 0 unspecified atom stereocenters. The van der Waals surface area contributed by atoms with Crippen molar-refractivity contribution in [3.05, 3.63) is 59.7 Å². The van der Waals surface area contributed by atoms with Crippen LogP contribution in [0.3, 0.4) is 0 Å². The van der Waals surface area contributed by atoms with Crippen LogP contribution in [0.15, 0.2) is 48.5 Å². The number of aliphatic carboxylic acids is 1. The first-order valence-corrected chi connectivity index (χ1v) is 43.1. The van der Waals surface area contributed by atoms with Crippen molar-refractivity contribution in [1.82, 2.24) is 68.3 Å². The number of benzene rings is 2. The lowest BCUT2D eigenvalue weighted by atomic mass is 9.98. The molecular formula is C85H142N18O17. The molecular weight excluding hydrogens is 1550 g/mol. The van der Waals surface area contributed by atoms with Crippen molar-refractivity contribution in [3.8, 4) is 11.5 Å². The highest BCUT2D eigenvalue weighted by Crippen LogP contribution is 2.25. The van der Waals surface area contributed by atoms with Crippen molar-refractivity contribution in [2.45, 2.75) is 303 Å². The van der Waals surface area contributed by atoms with E-state index in [9.17, 15) is 77.6 Å². The van der Waals surface area contributed by atoms with Crippen LogP contribution >= 0.6 is 0 Å². The Morgan fingerprint density at radius 3 is 0.942 bits per heavy atom. The zero-order chi connectivity index (χ0) is 89.6. The summed E-state index contributed by atoms with van der Waals surface area (Å²) in [6.07, 6.45) is 4.82. The van der Waals surface area contributed by atoms with Gasteiger partial charge >= 0.3 is 5.97 Å². The average Bonchev–Trinajstić information content (AvgIpc) is 1.67. The van der Waals surface area contributed by atoms with Crippen LogP contribution in [0.1, 0.15) is 216 Å². The van der Waals surface area contributed by atoms with Gasteiger partial charge in [-0.2, -0.15) is 0 Å². The zero-order valence-electron chi connectivity index (χ0n) is 72.6. The Bertz CT molecular complexity index is 3640. The van der Waals surface area contributed by atoms with Crippen LogP contribution in [0.4, 0.5) is 0 Å². The molecule has 2 aromatic carbocycles. The van der Waals surface area contributed by atoms with Crippen molar-refractivity contribution in [2.75, 3.05) is 39.3 Å². The Morgan fingerprint density at radius 1 is 0.350 bits per heavy atom. The topological polar surface area (TPSA) is 569 Å². The average molecular weight is 1690 g/mol. The van der Waals surface area contributed by atoms with Gasteiger partial charge in [-0.3, -0.25) is 62.3 Å². The van der Waals surface area contributed by atoms with E-state index in [-0.39, 0.29) is 139 Å². The summed E-state index contributed by atoms with van der Waals surface area (Å²) in [6.45, 7) is 22.4. The van der Waals surface area contributed by atoms with Crippen LogP contribution < -0.4 is 87.2 Å². The summed E-state index contributed by atoms with van der Waals surface area (Å²) in [5.41, 5.74) is 30.6. The van der Waals surface area contributed by atoms with E-state index >= 15 is 4.79 Å². The minimum atomic E-state index is -1.40. The molecule has 0 saturated carbocycles. The van der Waals surface area contributed by atoms with Gasteiger partial charge in [-0.1, -0.05) is 107 Å². The zero-order valence-corrected chi connectivity index (χ0v) is 72.6. The van der Waals surface area contributed by atoms with Gasteiger partial charge in [0.2, 0.25) is 76.8 Å². The smallest absolute Gasteiger partial charge is 0.326 e. The van der Waals surface area contributed by atoms with Crippen LogP contribution in [0, 0.1) is 35.5 Å². The van der Waals surface area contributed by atoms with Crippen LogP contribution in [0.5, 0.6) is 11.5 Å². The maximum Gasteiger partial charge on any atom is 0.326 e. The first-order valence-electron chi connectivity index (χ1n) is 43.1. The number of carboxylic acids is 1. The summed E-state index contributed by atoms with van der Waals surface area (Å²) in [4.78, 5) is 204. The number of likely N-dealkylation sites (tertiary alicyclic amines) is 2. The van der Waals surface area contributed by atoms with Gasteiger partial charge in [0.25, 0.3) is 0 Å². The van der Waals surface area contributed by atoms with Gasteiger partial charge in [0, 0.05) is 25.9 Å². The number of hydrogen-bond acceptors (Lipinski definition) is 21. The summed E-state index contributed by atoms with van der Waals surface area (Å²) in [7, 11) is 0. The molecule has 2 aliphatic rings. The van der Waals surface area contributed by atoms with E-state index in [1.807, 2.05) is 41.5 Å². The van der Waals surface area contributed by atoms with E-state index in [4.69, 9.17) is 28.7 Å². The summed E-state index contributed by atoms with van der Waals surface area (Å²) in [5, 5.41) is 61.1. The van der Waals surface area contributed by atoms with Gasteiger partial charge < -0.3 is 112 Å². The number of carbonyl (C=O) groups is 14. The lowest BCUT2D eigenvalue weighted by Gasteiger charge is -2.32. The van der Waals surface area contributed by atoms with E-state index in [0.717, 1.165) is 0 Å². The maximum absolute atomic E-state index is 15.3. The molecule has 24 N–H and O–H groups in total. The van der Waals surface area contributed by atoms with E-state index in [1.165, 1.54) is 34.1 Å². The minimum absolute atomic E-state index is 0.0231. The Hall–Kier alpha value is -9.58. The molecule has 0 aromatic heterocycles. The van der Waals surface area contributed by atoms with Gasteiger partial charge in [-0.05, 0) is 219 Å². The number of amides is 13. The molecule has 2 fully saturated rings. The highest BCUT2D eigenvalue weighted by Gasteiger charge is 2.44. The number of carbonyl (C=O) groups excluding carboxylic acids is 13. The number of hydrogen-bond donors (Lipinski definition) is 19. The quantitative estimate of drug-likeness (QED) is 0.0414. The van der Waals surface area contributed by atoms with Gasteiger partial charge in [0.15, 0.2) is 0 Å². The summed E-state index contributed by atoms with van der Waals surface area (Å²) < 4.78 is 0. The molecule has 120 heavy (non-hydrogen) atoms. The molecule has 35 nitrogen and oxygen atoms in total. The maximum atomic E-state index is 15.3. The highest BCUT2D eigenvalue weighted by atomic mass is 16.4. The molecule has 4 rings (SSSR count). The predicted molar refractivity (Wildman–Crippen MR) is 454 cm³/mol. The Kier molecular flexibility index (Phi) is 45.0. The molecule has 14 atom stereocenters. The number of carboxylic acid groups (broad SMARTS) is 1. The summed E-state index contributed by atoms with van der Waals surface area (Å²) in [5.74, 6) is -12.8. The fourth-order valence-electron chi connectivity index (χ4n) is 14.6. The second-order valence-corrected chi connectivity index (χ2v) is 34.3. The highest BCUT2D eigenvalue weighted by molar-refractivity contribution is 6.00. The normalized spacial score (nSPS) is 17.1. The second kappa shape index (κ2) is 52.6. The molecule has 0 bridgehead atoms. The standard InChI is InChI=1S/C85H142N18O17/c1-48(2)43-62(95-72(106)58(23-13-17-37-86)93-80(114)69(90)51(7)8)76(110)91-60(25-15-19-39-88)75(109)101-71(53(11)12)82(116)99-66(47-55-31-35-57(105)36-32-55)83(117)102-41-21-27-67(102)79(113)97-64(45-50(5)6)77(111)92-61(26-16-20-40-89)74(108)100-70(52(9)10)81(115)94-59(24-14-18-38-87)73(107)96-63(44-49(3)4)78(112)98-65(46-54-29-33-56(104)34-30-54)84(118)103-42-22-28-68(103)85(119)120/h29-36,48-53,58-71,104-105H,13-28,37-47,86-90H2,1-12H3,(H,91,110)(H,92,111)(H,93,114)(H,94,115)(H,95,106)(H,96,107)(H,97,113)(H,98,112)(H,99,116)(H,100,108)(H,101,109)(H,119,120)/t58-,59-,60-,61-,62-,63-,64-,65+,66+,67-,68-,69-,70-,71-/m0/s1. The Labute approximate surface area is 707 Å². The van der Waals surface area contributed by atoms with Gasteiger partial charge in [0.1, 0.15) is 90.0 Å². The monoisotopic (exact) mass is 1690 g/mol. The fourth-order valence-corrected chi connectivity index (χ4v) is 14.6. The third-order valence-electron chi connectivity index (χ3n) is 21.5. The van der Waals surface area contributed by atoms with Crippen molar-refractivity contribution >= 4 is 82.8 Å². The van der Waals surface area contributed by atoms with E-state index in [0.29, 0.717) is 81.9 Å². The molecule has 35 heteroatoms. The number of nitrogens with two attached hydrogens (primary N) is 5. The molecule has 0 radical (unpaired) electrons. The molecule has 2 aromatic rings. The largest absolute Gasteiger partial charge is 0.508 e. The van der Waals surface area contributed by atoms with E-state index in [2.05, 4.69) is 58.5 Å². The third kappa shape index (κ3) is 34.5. The van der Waals surface area contributed by atoms with E-state index in [1.54, 1.807) is 65.8 Å². The van der Waals surface area contributed by atoms with Crippen LogP contribution in [-0.4, -0.2) is 232 Å². The summed E-state index contributed by atoms with van der Waals surface area (Å²) in [6, 6.07) is -5.45. The van der Waals surface area contributed by atoms with Crippen molar-refractivity contribution in [3.63, 3.8) is 0 Å². The Balaban J connectivity index is 1.60. The number of nitrogens with zero attached hydrogens (tertiary/aromatic N) is 2. The number of phenolic OH excluding ortho intramolecular Hbond substituents is 2. The number of phenols is 2. The van der Waals surface area contributed by atoms with Crippen LogP contribution in [-0.2, 0) is 80.0 Å². The number of nitrogens with one attached hydrogen (secondary N) is 11. The fraction of sp³-hybridized carbons (Fsp3) is 0.694. The number of aromatic hydroxyl groups is 2. The summed E-state index contributed by atoms with van der Waals surface area (Å²) >= 11 is 0. The van der Waals surface area contributed by atoms with Crippen LogP contribution in [0.2, 0.25) is 0 Å². The predicted octanol–water partition coefficient (Wildman–Crippen LogP) is 1.23. The number of rotatable bonds is 54. The van der Waals surface area contributed by atoms with Crippen molar-refractivity contribution < 1.29 is 82.4 Å². The molecule has 2 aliphatic heterocycles. The van der Waals surface area contributed by atoms with Crippen molar-refractivity contribution in [2.24, 2.45) is 64.2 Å². The first-order chi connectivity index (χ1) is 56.7. The lowest BCUT2D eigenvalue weighted by molar-refractivity contribution is -0.149. The molecule has 13 amide bonds. The lowest BCUT2D eigenvalue weighted by Crippen LogP contribution is -2.62. The molecule has 2 saturated heterocycles. The van der Waals surface area contributed by atoms with Crippen LogP contribution in [0.25, 0.3) is 0 Å². The SMILES string of the molecule is CC(C)C[C@H](NC(=O)[C@H](CCCCN)NC(=O)[C@@H](N)C(C)C)C(=O)N[C@@H](CCCCN)C(=O)N[C@H](C(=O)N[C@H](Cc1ccc(O)cc1)C(=O)N1CCC[C@H]1C(=O)N[C@@H](CC(C)C)C(=O)N[C@@H](CCCCN)C(=O)N[C@H](C(=O)N[C@@H](CCCCN)C(=O)N[C@@H](CC(C)C)C(=O)N[C@H](Cc1ccc(O)cc1)C(=O)N1CCC[C@H]1C(=O)O)C(C)C)C(C)C. The van der Waals surface area contributed by atoms with Crippen molar-refractivity contribution in [1.29, 1.82) is 0 Å². The molecule has 2 heterocycles. The van der Waals surface area contributed by atoms with Gasteiger partial charge in [0.05, 0.1) is 6.04 Å². The van der Waals surface area contributed by atoms with E-state index < -0.39 is 179 Å². The molecule has 0 spiro atoms. The number of unbranched alkanes of at least 4 members (excludes halogenated alkanes) is 4. The second-order valence-electron chi connectivity index (χ2n) is 34.3. The van der Waals surface area contributed by atoms with Gasteiger partial charge in [-0.25, -0.2) is 4.79 Å².